The molecule has 0 aliphatic carbocycles. The largest absolute Gasteiger partial charge is 0.325 e. The zero-order valence-electron chi connectivity index (χ0n) is 14.4. The summed E-state index contributed by atoms with van der Waals surface area (Å²) in [7, 11) is 0. The van der Waals surface area contributed by atoms with Crippen LogP contribution in [-0.4, -0.2) is 12.5 Å². The summed E-state index contributed by atoms with van der Waals surface area (Å²) in [6.45, 7) is 8.73. The highest BCUT2D eigenvalue weighted by Crippen LogP contribution is 2.21. The van der Waals surface area contributed by atoms with Crippen LogP contribution in [-0.2, 0) is 4.79 Å². The van der Waals surface area contributed by atoms with Crippen molar-refractivity contribution in [1.29, 1.82) is 0 Å². The van der Waals surface area contributed by atoms with Crippen LogP contribution in [0.5, 0.6) is 0 Å². The molecule has 1 amide bonds. The van der Waals surface area contributed by atoms with Gasteiger partial charge in [0.2, 0.25) is 5.91 Å². The summed E-state index contributed by atoms with van der Waals surface area (Å²) in [6.07, 6.45) is 0. The quantitative estimate of drug-likeness (QED) is 0.838. The van der Waals surface area contributed by atoms with Crippen LogP contribution in [0.1, 0.15) is 36.6 Å². The van der Waals surface area contributed by atoms with Crippen LogP contribution in [0.4, 0.5) is 5.69 Å². The van der Waals surface area contributed by atoms with Crippen LogP contribution in [0.15, 0.2) is 48.5 Å². The maximum absolute atomic E-state index is 12.2. The molecule has 3 nitrogen and oxygen atoms in total. The molecule has 2 rings (SSSR count). The summed E-state index contributed by atoms with van der Waals surface area (Å²) >= 11 is 0. The zero-order valence-corrected chi connectivity index (χ0v) is 14.4. The highest BCUT2D eigenvalue weighted by Gasteiger charge is 2.16. The van der Waals surface area contributed by atoms with Crippen molar-refractivity contribution in [2.75, 3.05) is 11.9 Å². The second-order valence-electron chi connectivity index (χ2n) is 6.36. The topological polar surface area (TPSA) is 41.1 Å². The normalized spacial score (nSPS) is 12.2. The number of nitrogens with one attached hydrogen (secondary N) is 2. The van der Waals surface area contributed by atoms with E-state index in [9.17, 15) is 4.79 Å². The second kappa shape index (κ2) is 7.93. The van der Waals surface area contributed by atoms with Crippen molar-refractivity contribution in [2.24, 2.45) is 5.92 Å². The third-order valence-corrected chi connectivity index (χ3v) is 4.10. The van der Waals surface area contributed by atoms with Crippen molar-refractivity contribution >= 4 is 11.6 Å². The van der Waals surface area contributed by atoms with Gasteiger partial charge in [-0.2, -0.15) is 0 Å². The highest BCUT2D eigenvalue weighted by molar-refractivity contribution is 5.92. The minimum atomic E-state index is -0.0187. The Hall–Kier alpha value is -2.13. The molecule has 0 saturated carbocycles. The number of amides is 1. The first-order valence-electron chi connectivity index (χ1n) is 8.13. The number of rotatable bonds is 6. The molecule has 2 N–H and O–H groups in total. The molecule has 0 aliphatic rings. The summed E-state index contributed by atoms with van der Waals surface area (Å²) < 4.78 is 0. The lowest BCUT2D eigenvalue weighted by molar-refractivity contribution is -0.115. The van der Waals surface area contributed by atoms with Crippen LogP contribution in [0.25, 0.3) is 0 Å². The summed E-state index contributed by atoms with van der Waals surface area (Å²) in [6, 6.07) is 16.4. The fourth-order valence-electron chi connectivity index (χ4n) is 2.63. The van der Waals surface area contributed by atoms with Crippen molar-refractivity contribution in [2.45, 2.75) is 33.7 Å². The average molecular weight is 310 g/mol. The molecular formula is C20H26N2O. The van der Waals surface area contributed by atoms with Gasteiger partial charge in [0, 0.05) is 11.7 Å². The predicted molar refractivity (Wildman–Crippen MR) is 96.6 cm³/mol. The number of hydrogen-bond acceptors (Lipinski definition) is 2. The number of benzene rings is 2. The van der Waals surface area contributed by atoms with E-state index in [1.54, 1.807) is 0 Å². The fraction of sp³-hybridized carbons (Fsp3) is 0.350. The van der Waals surface area contributed by atoms with Crippen LogP contribution < -0.4 is 10.6 Å². The first kappa shape index (κ1) is 17.2. The summed E-state index contributed by atoms with van der Waals surface area (Å²) in [4.78, 5) is 12.2. The Kier molecular flexibility index (Phi) is 5.94. The average Bonchev–Trinajstić information content (AvgIpc) is 2.52. The van der Waals surface area contributed by atoms with Gasteiger partial charge in [0.25, 0.3) is 0 Å². The lowest BCUT2D eigenvalue weighted by atomic mass is 9.96. The maximum Gasteiger partial charge on any atom is 0.238 e. The molecule has 2 aromatic rings. The third-order valence-electron chi connectivity index (χ3n) is 4.10. The van der Waals surface area contributed by atoms with Crippen LogP contribution in [0.2, 0.25) is 0 Å². The van der Waals surface area contributed by atoms with E-state index in [0.717, 1.165) is 5.69 Å². The lowest BCUT2D eigenvalue weighted by Crippen LogP contribution is -2.33. The molecule has 122 valence electrons. The summed E-state index contributed by atoms with van der Waals surface area (Å²) in [5.41, 5.74) is 4.47. The smallest absolute Gasteiger partial charge is 0.238 e. The number of carbonyl (C=O) groups is 1. The summed E-state index contributed by atoms with van der Waals surface area (Å²) in [5, 5.41) is 6.32. The number of anilines is 1. The Morgan fingerprint density at radius 3 is 2.30 bits per heavy atom. The second-order valence-corrected chi connectivity index (χ2v) is 6.36. The van der Waals surface area contributed by atoms with Crippen LogP contribution in [0, 0.1) is 19.8 Å². The molecule has 0 saturated heterocycles. The number of hydrogen-bond donors (Lipinski definition) is 2. The fourth-order valence-corrected chi connectivity index (χ4v) is 2.63. The molecule has 0 aromatic heterocycles. The van der Waals surface area contributed by atoms with Gasteiger partial charge in [0.1, 0.15) is 0 Å². The zero-order chi connectivity index (χ0) is 16.8. The monoisotopic (exact) mass is 310 g/mol. The molecular weight excluding hydrogens is 284 g/mol. The summed E-state index contributed by atoms with van der Waals surface area (Å²) in [5.74, 6) is 0.390. The first-order valence-corrected chi connectivity index (χ1v) is 8.13. The Morgan fingerprint density at radius 1 is 1.00 bits per heavy atom. The SMILES string of the molecule is Cc1ccc(NC(=O)CN[C@@H](c2ccccc2)C(C)C)cc1C. The van der Waals surface area contributed by atoms with Crippen LogP contribution >= 0.6 is 0 Å². The molecule has 2 aromatic carbocycles. The molecule has 3 heteroatoms. The molecule has 0 radical (unpaired) electrons. The molecule has 23 heavy (non-hydrogen) atoms. The minimum Gasteiger partial charge on any atom is -0.325 e. The number of aryl methyl sites for hydroxylation is 2. The third kappa shape index (κ3) is 4.93. The van der Waals surface area contributed by atoms with Gasteiger partial charge in [0.15, 0.2) is 0 Å². The van der Waals surface area contributed by atoms with Gasteiger partial charge in [-0.25, -0.2) is 0 Å². The van der Waals surface area contributed by atoms with Gasteiger partial charge in [-0.3, -0.25) is 4.79 Å². The van der Waals surface area contributed by atoms with Gasteiger partial charge in [-0.05, 0) is 48.6 Å². The Morgan fingerprint density at radius 2 is 1.70 bits per heavy atom. The molecule has 0 spiro atoms. The Bertz CT molecular complexity index is 650. The van der Waals surface area contributed by atoms with Gasteiger partial charge in [0.05, 0.1) is 6.54 Å². The molecule has 0 unspecified atom stereocenters. The number of carbonyl (C=O) groups excluding carboxylic acids is 1. The standard InChI is InChI=1S/C20H26N2O/c1-14(2)20(17-8-6-5-7-9-17)21-13-19(23)22-18-11-10-15(3)16(4)12-18/h5-12,14,20-21H,13H2,1-4H3,(H,22,23)/t20-/m1/s1. The highest BCUT2D eigenvalue weighted by atomic mass is 16.1. The van der Waals surface area contributed by atoms with Crippen molar-refractivity contribution in [3.05, 3.63) is 65.2 Å². The molecule has 1 atom stereocenters. The van der Waals surface area contributed by atoms with E-state index in [-0.39, 0.29) is 11.9 Å². The van der Waals surface area contributed by atoms with Crippen molar-refractivity contribution in [3.8, 4) is 0 Å². The van der Waals surface area contributed by atoms with Gasteiger partial charge in [-0.15, -0.1) is 0 Å². The molecule has 0 aliphatic heterocycles. The molecule has 0 heterocycles. The van der Waals surface area contributed by atoms with E-state index in [0.29, 0.717) is 12.5 Å². The molecule has 0 fully saturated rings. The first-order chi connectivity index (χ1) is 11.0. The van der Waals surface area contributed by atoms with Gasteiger partial charge >= 0.3 is 0 Å². The Balaban J connectivity index is 1.95. The van der Waals surface area contributed by atoms with E-state index < -0.39 is 0 Å². The van der Waals surface area contributed by atoms with Crippen molar-refractivity contribution in [3.63, 3.8) is 0 Å². The van der Waals surface area contributed by atoms with E-state index >= 15 is 0 Å². The predicted octanol–water partition coefficient (Wildman–Crippen LogP) is 4.23. The van der Waals surface area contributed by atoms with E-state index in [1.165, 1.54) is 16.7 Å². The maximum atomic E-state index is 12.2. The minimum absolute atomic E-state index is 0.0187. The van der Waals surface area contributed by atoms with E-state index in [1.807, 2.05) is 43.3 Å². The van der Waals surface area contributed by atoms with Crippen molar-refractivity contribution in [1.82, 2.24) is 5.32 Å². The lowest BCUT2D eigenvalue weighted by Gasteiger charge is -2.22. The van der Waals surface area contributed by atoms with Gasteiger partial charge < -0.3 is 10.6 Å². The van der Waals surface area contributed by atoms with E-state index in [2.05, 4.69) is 43.5 Å². The van der Waals surface area contributed by atoms with Crippen LogP contribution in [0.3, 0.4) is 0 Å². The Labute approximate surface area is 139 Å². The van der Waals surface area contributed by atoms with Gasteiger partial charge in [-0.1, -0.05) is 50.2 Å². The van der Waals surface area contributed by atoms with E-state index in [4.69, 9.17) is 0 Å². The van der Waals surface area contributed by atoms with Crippen molar-refractivity contribution < 1.29 is 4.79 Å². The molecule has 0 bridgehead atoms.